The van der Waals surface area contributed by atoms with Gasteiger partial charge < -0.3 is 13.7 Å². The van der Waals surface area contributed by atoms with Gasteiger partial charge in [0.25, 0.3) is 0 Å². The molecule has 17 rings (SSSR count). The van der Waals surface area contributed by atoms with Gasteiger partial charge in [-0.3, -0.25) is 0 Å². The van der Waals surface area contributed by atoms with Gasteiger partial charge in [0.15, 0.2) is 0 Å². The van der Waals surface area contributed by atoms with Crippen LogP contribution in [0.25, 0.3) is 160 Å². The maximum atomic E-state index is 5.48. The summed E-state index contributed by atoms with van der Waals surface area (Å²) in [5, 5.41) is 6.18. The van der Waals surface area contributed by atoms with Crippen LogP contribution in [-0.4, -0.2) is 18.7 Å². The van der Waals surface area contributed by atoms with Gasteiger partial charge >= 0.3 is 0 Å². The fraction of sp³-hybridized carbons (Fsp3) is 0. The van der Waals surface area contributed by atoms with Crippen LogP contribution in [0.5, 0.6) is 0 Å². The third-order valence-corrected chi connectivity index (χ3v) is 18.7. The van der Waals surface area contributed by atoms with Crippen molar-refractivity contribution in [1.82, 2.24) is 18.7 Å². The molecule has 0 bridgehead atoms. The smallest absolute Gasteiger partial charge is 0.0721 e. The largest absolute Gasteiger partial charge is 0.309 e. The van der Waals surface area contributed by atoms with Gasteiger partial charge in [-0.05, 0) is 142 Å². The van der Waals surface area contributed by atoms with E-state index in [0.29, 0.717) is 0 Å². The second-order valence-corrected chi connectivity index (χ2v) is 23.7. The number of pyridine rings is 1. The van der Waals surface area contributed by atoms with Crippen molar-refractivity contribution in [2.45, 2.75) is 0 Å². The van der Waals surface area contributed by atoms with E-state index in [1.165, 1.54) is 92.3 Å². The van der Waals surface area contributed by atoms with Gasteiger partial charge in [-0.1, -0.05) is 231 Å². The molecule has 5 aromatic heterocycles. The highest BCUT2D eigenvalue weighted by molar-refractivity contribution is 7.18. The Kier molecular flexibility index (Phi) is 12.4. The Balaban J connectivity index is 0.702. The van der Waals surface area contributed by atoms with Gasteiger partial charge in [0.05, 0.1) is 44.7 Å². The second kappa shape index (κ2) is 21.3. The molecule has 412 valence electrons. The first-order valence-electron chi connectivity index (χ1n) is 30.0. The van der Waals surface area contributed by atoms with Crippen molar-refractivity contribution in [3.63, 3.8) is 0 Å². The molecule has 0 spiro atoms. The molecule has 4 nitrogen and oxygen atoms in total. The van der Waals surface area contributed by atoms with Gasteiger partial charge in [0.2, 0.25) is 0 Å². The second-order valence-electron chi connectivity index (χ2n) is 22.6. The average Bonchev–Trinajstić information content (AvgIpc) is 2.36. The summed E-state index contributed by atoms with van der Waals surface area (Å²) in [5.74, 6) is 0. The first kappa shape index (κ1) is 51.1. The van der Waals surface area contributed by atoms with Crippen LogP contribution in [0.4, 0.5) is 0 Å². The molecule has 0 aliphatic heterocycles. The Morgan fingerprint density at radius 3 is 1.18 bits per heavy atom. The van der Waals surface area contributed by atoms with Crippen molar-refractivity contribution < 1.29 is 0 Å². The number of fused-ring (bicyclic) bond motifs is 7. The summed E-state index contributed by atoms with van der Waals surface area (Å²) < 4.78 is 7.22. The van der Waals surface area contributed by atoms with E-state index in [4.69, 9.17) is 4.98 Å². The lowest BCUT2D eigenvalue weighted by Gasteiger charge is -2.16. The summed E-state index contributed by atoms with van der Waals surface area (Å²) in [7, 11) is 0. The molecule has 0 fully saturated rings. The topological polar surface area (TPSA) is 27.7 Å². The molecular weight excluding hydrogens is 1090 g/mol. The van der Waals surface area contributed by atoms with Crippen molar-refractivity contribution in [2.24, 2.45) is 0 Å². The Morgan fingerprint density at radius 2 is 0.625 bits per heavy atom. The van der Waals surface area contributed by atoms with Crippen molar-refractivity contribution in [2.75, 3.05) is 0 Å². The fourth-order valence-corrected chi connectivity index (χ4v) is 14.5. The highest BCUT2D eigenvalue weighted by Gasteiger charge is 2.23. The SMILES string of the molecule is c1ccc(-c2cc(-c3ccc(-n4c(-c5ccccc5)c(-c5ccccc5)c5ccccc54)cc3)cc(-c3ccccc3-c3ccc4c(c3)c3ccccc3n4-c3ccc(-c4ccc(-c5ccc(-n6c7ccccc7c7ccccc76)cc5)s4)cc3)n2)cc1. The minimum atomic E-state index is 0.917. The molecule has 12 aromatic carbocycles. The van der Waals surface area contributed by atoms with E-state index in [9.17, 15) is 0 Å². The lowest BCUT2D eigenvalue weighted by Crippen LogP contribution is -1.98. The first-order valence-corrected chi connectivity index (χ1v) is 30.8. The van der Waals surface area contributed by atoms with Gasteiger partial charge in [-0.15, -0.1) is 11.3 Å². The highest BCUT2D eigenvalue weighted by Crippen LogP contribution is 2.45. The third kappa shape index (κ3) is 8.70. The van der Waals surface area contributed by atoms with Crippen LogP contribution < -0.4 is 0 Å². The molecule has 0 saturated carbocycles. The number of benzene rings is 12. The summed E-state index contributed by atoms with van der Waals surface area (Å²) in [6.45, 7) is 0. The lowest BCUT2D eigenvalue weighted by molar-refractivity contribution is 1.14. The van der Waals surface area contributed by atoms with E-state index in [2.05, 4.69) is 341 Å². The molecule has 88 heavy (non-hydrogen) atoms. The molecule has 0 N–H and O–H groups in total. The Labute approximate surface area is 514 Å². The first-order chi connectivity index (χ1) is 43.6. The Bertz CT molecular complexity index is 5400. The quantitative estimate of drug-likeness (QED) is 0.127. The molecule has 0 saturated heterocycles. The van der Waals surface area contributed by atoms with E-state index in [1.54, 1.807) is 0 Å². The van der Waals surface area contributed by atoms with E-state index in [0.717, 1.165) is 67.3 Å². The maximum Gasteiger partial charge on any atom is 0.0721 e. The van der Waals surface area contributed by atoms with Crippen LogP contribution in [0.1, 0.15) is 0 Å². The summed E-state index contributed by atoms with van der Waals surface area (Å²) in [6, 6.07) is 119. The summed E-state index contributed by atoms with van der Waals surface area (Å²) in [6.07, 6.45) is 0. The van der Waals surface area contributed by atoms with Crippen LogP contribution in [0.3, 0.4) is 0 Å². The van der Waals surface area contributed by atoms with Crippen LogP contribution in [0.2, 0.25) is 0 Å². The van der Waals surface area contributed by atoms with Crippen molar-refractivity contribution in [3.05, 3.63) is 328 Å². The Morgan fingerprint density at radius 1 is 0.227 bits per heavy atom. The molecule has 5 heterocycles. The molecule has 17 aromatic rings. The summed E-state index contributed by atoms with van der Waals surface area (Å²) >= 11 is 1.83. The zero-order chi connectivity index (χ0) is 58.1. The molecule has 0 aliphatic carbocycles. The zero-order valence-corrected chi connectivity index (χ0v) is 48.7. The molecular formula is C83H54N4S. The predicted octanol–water partition coefficient (Wildman–Crippen LogP) is 22.6. The van der Waals surface area contributed by atoms with E-state index < -0.39 is 0 Å². The molecule has 0 unspecified atom stereocenters. The van der Waals surface area contributed by atoms with Gasteiger partial charge in [0, 0.05) is 70.4 Å². The number of para-hydroxylation sites is 4. The van der Waals surface area contributed by atoms with Gasteiger partial charge in [-0.25, -0.2) is 4.98 Å². The van der Waals surface area contributed by atoms with Crippen LogP contribution in [0, 0.1) is 0 Å². The predicted molar refractivity (Wildman–Crippen MR) is 371 cm³/mol. The summed E-state index contributed by atoms with van der Waals surface area (Å²) in [4.78, 5) is 7.97. The minimum absolute atomic E-state index is 0.917. The van der Waals surface area contributed by atoms with Gasteiger partial charge in [0.1, 0.15) is 0 Å². The number of nitrogens with zero attached hydrogens (tertiary/aromatic N) is 4. The third-order valence-electron chi connectivity index (χ3n) is 17.5. The zero-order valence-electron chi connectivity index (χ0n) is 47.9. The van der Waals surface area contributed by atoms with E-state index in [1.807, 2.05) is 11.3 Å². The molecule has 0 amide bonds. The van der Waals surface area contributed by atoms with Crippen LogP contribution in [-0.2, 0) is 0 Å². The monoisotopic (exact) mass is 1140 g/mol. The van der Waals surface area contributed by atoms with Crippen molar-refractivity contribution in [1.29, 1.82) is 0 Å². The fourth-order valence-electron chi connectivity index (χ4n) is 13.4. The van der Waals surface area contributed by atoms with Crippen molar-refractivity contribution >= 4 is 65.9 Å². The lowest BCUT2D eigenvalue weighted by atomic mass is 9.94. The normalized spacial score (nSPS) is 11.6. The molecule has 0 radical (unpaired) electrons. The molecule has 0 aliphatic rings. The molecule has 0 atom stereocenters. The number of hydrogen-bond acceptors (Lipinski definition) is 2. The Hall–Kier alpha value is -11.4. The number of rotatable bonds is 11. The van der Waals surface area contributed by atoms with E-state index >= 15 is 0 Å². The van der Waals surface area contributed by atoms with E-state index in [-0.39, 0.29) is 0 Å². The van der Waals surface area contributed by atoms with Gasteiger partial charge in [-0.2, -0.15) is 0 Å². The highest BCUT2D eigenvalue weighted by atomic mass is 32.1. The van der Waals surface area contributed by atoms with Crippen LogP contribution in [0.15, 0.2) is 328 Å². The van der Waals surface area contributed by atoms with Crippen molar-refractivity contribution in [3.8, 4) is 105 Å². The number of aromatic nitrogens is 4. The number of thiophene rings is 1. The maximum absolute atomic E-state index is 5.48. The molecule has 5 heteroatoms. The number of hydrogen-bond donors (Lipinski definition) is 0. The van der Waals surface area contributed by atoms with Crippen LogP contribution >= 0.6 is 11.3 Å². The summed E-state index contributed by atoms with van der Waals surface area (Å²) in [5.41, 5.74) is 25.0. The minimum Gasteiger partial charge on any atom is -0.309 e. The standard InChI is InChI=1S/C83H54N4S/c1-4-20-56(21-5-1)73-53-62(55-36-43-65(44-37-55)87-78-35-19-15-31-71(78)82(59-22-6-2-7-23-59)83(87)60-24-8-3-9-25-60)54-74(84-73)67-27-11-10-26-66(67)61-42-49-79-72(52-61)70-30-14-18-34-77(70)86(79)64-47-40-58(41-48-64)81-51-50-80(88-81)57-38-45-63(46-39-57)85-75-32-16-12-28-68(75)69-29-13-17-33-76(69)85/h1-54H. The average molecular weight is 1140 g/mol.